The zero-order chi connectivity index (χ0) is 25.8. The third-order valence-electron chi connectivity index (χ3n) is 4.70. The van der Waals surface area contributed by atoms with Crippen LogP contribution >= 0.6 is 12.2 Å². The Morgan fingerprint density at radius 2 is 1.46 bits per heavy atom. The minimum atomic E-state index is -3.82. The Bertz CT molecular complexity index is 1380. The molecule has 0 saturated heterocycles. The second-order valence-electron chi connectivity index (χ2n) is 6.99. The van der Waals surface area contributed by atoms with Crippen molar-refractivity contribution in [3.05, 3.63) is 98.6 Å². The number of thiocarbonyl (C=S) groups is 1. The molecule has 3 rings (SSSR count). The molecule has 0 aliphatic carbocycles. The summed E-state index contributed by atoms with van der Waals surface area (Å²) < 4.78 is 26.8. The fourth-order valence-corrected chi connectivity index (χ4v) is 4.33. The summed E-state index contributed by atoms with van der Waals surface area (Å²) in [6.07, 6.45) is 0. The van der Waals surface area contributed by atoms with Gasteiger partial charge in [0.15, 0.2) is 5.11 Å². The first kappa shape index (κ1) is 25.2. The first-order valence-electron chi connectivity index (χ1n) is 9.69. The first-order valence-corrected chi connectivity index (χ1v) is 11.5. The molecule has 0 heterocycles. The highest BCUT2D eigenvalue weighted by molar-refractivity contribution is 7.92. The van der Waals surface area contributed by atoms with Crippen LogP contribution in [0, 0.1) is 20.2 Å². The number of carbonyl (C=O) groups excluding carboxylic acids is 1. The summed E-state index contributed by atoms with van der Waals surface area (Å²) in [5, 5.41) is 26.7. The van der Waals surface area contributed by atoms with Crippen LogP contribution in [-0.2, 0) is 10.0 Å². The Balaban J connectivity index is 1.71. The molecule has 0 saturated carbocycles. The van der Waals surface area contributed by atoms with Crippen LogP contribution in [0.15, 0.2) is 77.7 Å². The Kier molecular flexibility index (Phi) is 7.37. The minimum Gasteiger partial charge on any atom is -0.332 e. The Hall–Kier alpha value is -4.43. The highest BCUT2D eigenvalue weighted by Crippen LogP contribution is 2.24. The van der Waals surface area contributed by atoms with E-state index in [9.17, 15) is 33.4 Å². The third kappa shape index (κ3) is 5.93. The molecule has 0 fully saturated rings. The van der Waals surface area contributed by atoms with Crippen molar-refractivity contribution in [3.8, 4) is 0 Å². The molecule has 180 valence electrons. The van der Waals surface area contributed by atoms with Crippen LogP contribution in [-0.4, -0.2) is 36.3 Å². The molecule has 35 heavy (non-hydrogen) atoms. The van der Waals surface area contributed by atoms with Gasteiger partial charge < -0.3 is 5.32 Å². The van der Waals surface area contributed by atoms with Gasteiger partial charge in [-0.1, -0.05) is 18.2 Å². The molecule has 14 heteroatoms. The smallest absolute Gasteiger partial charge is 0.277 e. The van der Waals surface area contributed by atoms with Gasteiger partial charge >= 0.3 is 0 Å². The molecule has 0 atom stereocenters. The maximum atomic E-state index is 12.8. The van der Waals surface area contributed by atoms with Crippen molar-refractivity contribution >= 4 is 56.0 Å². The van der Waals surface area contributed by atoms with E-state index in [1.165, 1.54) is 31.3 Å². The molecule has 2 N–H and O–H groups in total. The summed E-state index contributed by atoms with van der Waals surface area (Å²) in [4.78, 5) is 32.7. The van der Waals surface area contributed by atoms with Gasteiger partial charge in [0.1, 0.15) is 0 Å². The molecule has 0 aliphatic heterocycles. The minimum absolute atomic E-state index is 0.0215. The van der Waals surface area contributed by atoms with E-state index in [0.717, 1.165) is 22.5 Å². The van der Waals surface area contributed by atoms with Gasteiger partial charge in [-0.2, -0.15) is 0 Å². The van der Waals surface area contributed by atoms with Crippen LogP contribution in [0.1, 0.15) is 10.4 Å². The van der Waals surface area contributed by atoms with E-state index in [1.807, 2.05) is 0 Å². The number of anilines is 2. The molecular formula is C21H17N5O7S2. The molecule has 0 aromatic heterocycles. The van der Waals surface area contributed by atoms with E-state index in [-0.39, 0.29) is 15.6 Å². The van der Waals surface area contributed by atoms with Gasteiger partial charge in [0.2, 0.25) is 0 Å². The average molecular weight is 516 g/mol. The van der Waals surface area contributed by atoms with Crippen molar-refractivity contribution in [1.82, 2.24) is 5.32 Å². The Morgan fingerprint density at radius 3 is 1.97 bits per heavy atom. The zero-order valence-electron chi connectivity index (χ0n) is 17.9. The average Bonchev–Trinajstić information content (AvgIpc) is 2.83. The number of nitro groups is 2. The van der Waals surface area contributed by atoms with E-state index in [1.54, 1.807) is 30.3 Å². The molecule has 3 aromatic carbocycles. The number of rotatable bonds is 7. The monoisotopic (exact) mass is 515 g/mol. The predicted octanol–water partition coefficient (Wildman–Crippen LogP) is 3.45. The normalized spacial score (nSPS) is 10.8. The van der Waals surface area contributed by atoms with E-state index in [2.05, 4.69) is 10.6 Å². The van der Waals surface area contributed by atoms with Gasteiger partial charge in [0.25, 0.3) is 27.3 Å². The van der Waals surface area contributed by atoms with E-state index < -0.39 is 37.2 Å². The maximum Gasteiger partial charge on any atom is 0.277 e. The maximum absolute atomic E-state index is 12.8. The molecule has 12 nitrogen and oxygen atoms in total. The fraction of sp³-hybridized carbons (Fsp3) is 0.0476. The summed E-state index contributed by atoms with van der Waals surface area (Å²) in [5.74, 6) is -0.905. The molecular weight excluding hydrogens is 498 g/mol. The van der Waals surface area contributed by atoms with E-state index in [0.29, 0.717) is 11.4 Å². The van der Waals surface area contributed by atoms with Crippen molar-refractivity contribution in [2.75, 3.05) is 16.7 Å². The second kappa shape index (κ2) is 10.2. The van der Waals surface area contributed by atoms with Crippen molar-refractivity contribution in [1.29, 1.82) is 0 Å². The first-order chi connectivity index (χ1) is 16.5. The van der Waals surface area contributed by atoms with E-state index >= 15 is 0 Å². The number of hydrogen-bond acceptors (Lipinski definition) is 8. The van der Waals surface area contributed by atoms with Gasteiger partial charge in [-0.25, -0.2) is 8.42 Å². The summed E-state index contributed by atoms with van der Waals surface area (Å²) in [5.41, 5.74) is -0.747. The molecule has 0 spiro atoms. The summed E-state index contributed by atoms with van der Waals surface area (Å²) in [7, 11) is -2.39. The van der Waals surface area contributed by atoms with Crippen molar-refractivity contribution in [2.24, 2.45) is 0 Å². The molecule has 0 aliphatic rings. The fourth-order valence-electron chi connectivity index (χ4n) is 2.92. The lowest BCUT2D eigenvalue weighted by Crippen LogP contribution is -2.34. The molecule has 0 unspecified atom stereocenters. The highest BCUT2D eigenvalue weighted by atomic mass is 32.2. The third-order valence-corrected chi connectivity index (χ3v) is 6.71. The lowest BCUT2D eigenvalue weighted by atomic mass is 10.1. The van der Waals surface area contributed by atoms with Gasteiger partial charge in [-0.05, 0) is 48.6 Å². The topological polar surface area (TPSA) is 165 Å². The quantitative estimate of drug-likeness (QED) is 0.272. The van der Waals surface area contributed by atoms with Crippen LogP contribution in [0.25, 0.3) is 0 Å². The van der Waals surface area contributed by atoms with Crippen LogP contribution < -0.4 is 14.9 Å². The number of nitrogens with zero attached hydrogens (tertiary/aromatic N) is 3. The summed E-state index contributed by atoms with van der Waals surface area (Å²) in [6.45, 7) is 0. The van der Waals surface area contributed by atoms with Gasteiger partial charge in [-0.3, -0.25) is 34.6 Å². The predicted molar refractivity (Wildman–Crippen MR) is 132 cm³/mol. The Morgan fingerprint density at radius 1 is 0.914 bits per heavy atom. The van der Waals surface area contributed by atoms with Gasteiger partial charge in [0.05, 0.1) is 32.1 Å². The highest BCUT2D eigenvalue weighted by Gasteiger charge is 2.22. The summed E-state index contributed by atoms with van der Waals surface area (Å²) >= 11 is 5.06. The van der Waals surface area contributed by atoms with Crippen LogP contribution in [0.5, 0.6) is 0 Å². The van der Waals surface area contributed by atoms with Crippen LogP contribution in [0.2, 0.25) is 0 Å². The van der Waals surface area contributed by atoms with Crippen molar-refractivity contribution < 1.29 is 23.1 Å². The standard InChI is InChI=1S/C21H17N5O7S2/c1-24(16-5-3-2-4-6-16)35(32,33)19-9-7-15(8-10-19)22-21(34)23-20(27)14-11-17(25(28)29)13-18(12-14)26(30)31/h2-13H,1H3,(H2,22,23,27,34). The number of nitro benzene ring substituents is 2. The van der Waals surface area contributed by atoms with E-state index in [4.69, 9.17) is 12.2 Å². The van der Waals surface area contributed by atoms with Gasteiger partial charge in [-0.15, -0.1) is 0 Å². The summed E-state index contributed by atoms with van der Waals surface area (Å²) in [6, 6.07) is 16.6. The molecule has 1 amide bonds. The zero-order valence-corrected chi connectivity index (χ0v) is 19.6. The number of carbonyl (C=O) groups is 1. The second-order valence-corrected chi connectivity index (χ2v) is 9.37. The van der Waals surface area contributed by atoms with Crippen molar-refractivity contribution in [2.45, 2.75) is 4.90 Å². The largest absolute Gasteiger partial charge is 0.332 e. The van der Waals surface area contributed by atoms with Crippen LogP contribution in [0.3, 0.4) is 0 Å². The van der Waals surface area contributed by atoms with Crippen molar-refractivity contribution in [3.63, 3.8) is 0 Å². The van der Waals surface area contributed by atoms with Gasteiger partial charge in [0, 0.05) is 24.9 Å². The molecule has 3 aromatic rings. The number of sulfonamides is 1. The molecule has 0 bridgehead atoms. The number of hydrogen-bond donors (Lipinski definition) is 2. The molecule has 0 radical (unpaired) electrons. The number of benzene rings is 3. The number of amides is 1. The lowest BCUT2D eigenvalue weighted by Gasteiger charge is -2.19. The number of nitrogens with one attached hydrogen (secondary N) is 2. The number of para-hydroxylation sites is 1. The number of non-ortho nitro benzene ring substituents is 2. The SMILES string of the molecule is CN(c1ccccc1)S(=O)(=O)c1ccc(NC(=S)NC(=O)c2cc([N+](=O)[O-])cc([N+](=O)[O-])c2)cc1. The van der Waals surface area contributed by atoms with Crippen LogP contribution in [0.4, 0.5) is 22.7 Å². The Labute approximate surface area is 204 Å². The lowest BCUT2D eigenvalue weighted by molar-refractivity contribution is -0.394.